The summed E-state index contributed by atoms with van der Waals surface area (Å²) in [6, 6.07) is 9.91. The summed E-state index contributed by atoms with van der Waals surface area (Å²) in [5.41, 5.74) is 5.62. The fraction of sp³-hybridized carbons (Fsp3) is 0.292. The third kappa shape index (κ3) is 3.71. The van der Waals surface area contributed by atoms with Crippen LogP contribution in [-0.2, 0) is 0 Å². The Morgan fingerprint density at radius 3 is 2.88 bits per heavy atom. The SMILES string of the molecule is Cc1c(-c2cc(NC(C)c3ccccn3)c3c(C#N)cnn3c2)cnn1[C@@H]1CCN(C(=O)O)C1. The molecule has 34 heavy (non-hydrogen) atoms. The van der Waals surface area contributed by atoms with Gasteiger partial charge in [0.2, 0.25) is 0 Å². The maximum Gasteiger partial charge on any atom is 0.407 e. The summed E-state index contributed by atoms with van der Waals surface area (Å²) in [5.74, 6) is 0. The smallest absolute Gasteiger partial charge is 0.407 e. The van der Waals surface area contributed by atoms with Crippen molar-refractivity contribution >= 4 is 17.3 Å². The fourth-order valence-electron chi connectivity index (χ4n) is 4.59. The summed E-state index contributed by atoms with van der Waals surface area (Å²) >= 11 is 0. The largest absolute Gasteiger partial charge is 0.465 e. The number of hydrogen-bond donors (Lipinski definition) is 2. The van der Waals surface area contributed by atoms with Crippen molar-refractivity contribution in [1.82, 2.24) is 29.3 Å². The molecule has 1 aliphatic rings. The van der Waals surface area contributed by atoms with Crippen molar-refractivity contribution in [1.29, 1.82) is 5.26 Å². The molecular formula is C24H24N8O2. The van der Waals surface area contributed by atoms with Crippen LogP contribution in [0.15, 0.2) is 49.1 Å². The zero-order valence-electron chi connectivity index (χ0n) is 18.9. The van der Waals surface area contributed by atoms with Gasteiger partial charge in [-0.25, -0.2) is 9.31 Å². The number of hydrogen-bond acceptors (Lipinski definition) is 6. The Bertz CT molecular complexity index is 1400. The van der Waals surface area contributed by atoms with Crippen molar-refractivity contribution in [3.05, 3.63) is 66.0 Å². The molecule has 1 amide bonds. The number of nitrogens with one attached hydrogen (secondary N) is 1. The highest BCUT2D eigenvalue weighted by Gasteiger charge is 2.29. The standard InChI is InChI=1S/C24H24N8O2/c1-15(21-5-3-4-7-26-21)29-22-9-17(13-31-23(22)18(10-25)11-27-31)20-12-28-32(16(20)2)19-6-8-30(14-19)24(33)34/h3-5,7,9,11-13,15,19,29H,6,8,14H2,1-2H3,(H,33,34)/t15?,19-/m1/s1. The Balaban J connectivity index is 1.53. The number of anilines is 1. The first-order valence-electron chi connectivity index (χ1n) is 11.1. The Labute approximate surface area is 196 Å². The molecule has 0 saturated carbocycles. The lowest BCUT2D eigenvalue weighted by molar-refractivity contribution is 0.154. The van der Waals surface area contributed by atoms with Gasteiger partial charge in [-0.15, -0.1) is 0 Å². The molecule has 10 heteroatoms. The number of aromatic nitrogens is 5. The summed E-state index contributed by atoms with van der Waals surface area (Å²) < 4.78 is 3.62. The van der Waals surface area contributed by atoms with Gasteiger partial charge in [0.25, 0.3) is 0 Å². The topological polar surface area (TPSA) is 124 Å². The maximum atomic E-state index is 11.3. The number of rotatable bonds is 5. The Morgan fingerprint density at radius 1 is 1.32 bits per heavy atom. The van der Waals surface area contributed by atoms with E-state index in [2.05, 4.69) is 26.6 Å². The van der Waals surface area contributed by atoms with Crippen molar-refractivity contribution in [2.45, 2.75) is 32.4 Å². The summed E-state index contributed by atoms with van der Waals surface area (Å²) in [5, 5.41) is 31.4. The molecule has 5 rings (SSSR count). The van der Waals surface area contributed by atoms with Gasteiger partial charge in [-0.2, -0.15) is 15.5 Å². The number of nitrogens with zero attached hydrogens (tertiary/aromatic N) is 7. The molecule has 10 nitrogen and oxygen atoms in total. The van der Waals surface area contributed by atoms with Gasteiger partial charge in [-0.1, -0.05) is 6.07 Å². The van der Waals surface area contributed by atoms with Gasteiger partial charge in [0.1, 0.15) is 11.6 Å². The Morgan fingerprint density at radius 2 is 2.18 bits per heavy atom. The van der Waals surface area contributed by atoms with Crippen LogP contribution < -0.4 is 5.32 Å². The molecule has 4 aromatic rings. The minimum Gasteiger partial charge on any atom is -0.465 e. The van der Waals surface area contributed by atoms with E-state index >= 15 is 0 Å². The molecule has 2 atom stereocenters. The van der Waals surface area contributed by atoms with Crippen LogP contribution in [0.2, 0.25) is 0 Å². The zero-order valence-corrected chi connectivity index (χ0v) is 18.9. The Hall–Kier alpha value is -4.39. The van der Waals surface area contributed by atoms with E-state index in [1.807, 2.05) is 49.0 Å². The second-order valence-electron chi connectivity index (χ2n) is 8.49. The van der Waals surface area contributed by atoms with Crippen LogP contribution in [0, 0.1) is 18.3 Å². The molecule has 1 saturated heterocycles. The van der Waals surface area contributed by atoms with Crippen LogP contribution in [0.25, 0.3) is 16.6 Å². The van der Waals surface area contributed by atoms with Crippen LogP contribution in [0.4, 0.5) is 10.5 Å². The van der Waals surface area contributed by atoms with E-state index in [0.717, 1.165) is 34.6 Å². The van der Waals surface area contributed by atoms with Crippen molar-refractivity contribution < 1.29 is 9.90 Å². The lowest BCUT2D eigenvalue weighted by Crippen LogP contribution is -2.27. The number of fused-ring (bicyclic) bond motifs is 1. The van der Waals surface area contributed by atoms with Crippen LogP contribution >= 0.6 is 0 Å². The molecule has 0 bridgehead atoms. The van der Waals surface area contributed by atoms with E-state index in [4.69, 9.17) is 0 Å². The lowest BCUT2D eigenvalue weighted by Gasteiger charge is -2.17. The number of likely N-dealkylation sites (tertiary alicyclic amines) is 1. The summed E-state index contributed by atoms with van der Waals surface area (Å²) in [6.45, 7) is 4.94. The van der Waals surface area contributed by atoms with Crippen LogP contribution in [0.5, 0.6) is 0 Å². The van der Waals surface area contributed by atoms with Gasteiger partial charge in [-0.05, 0) is 38.5 Å². The average Bonchev–Trinajstić information content (AvgIpc) is 3.57. The average molecular weight is 457 g/mol. The predicted octanol–water partition coefficient (Wildman–Crippen LogP) is 3.87. The number of carboxylic acid groups (broad SMARTS) is 1. The number of nitriles is 1. The van der Waals surface area contributed by atoms with Crippen molar-refractivity contribution in [3.63, 3.8) is 0 Å². The highest BCUT2D eigenvalue weighted by Crippen LogP contribution is 2.33. The number of carbonyl (C=O) groups is 1. The first-order valence-corrected chi connectivity index (χ1v) is 11.1. The van der Waals surface area contributed by atoms with E-state index < -0.39 is 6.09 Å². The molecule has 172 valence electrons. The van der Waals surface area contributed by atoms with Crippen LogP contribution in [0.1, 0.15) is 42.4 Å². The zero-order chi connectivity index (χ0) is 23.8. The molecule has 0 radical (unpaired) electrons. The second kappa shape index (κ2) is 8.51. The normalized spacial score (nSPS) is 16.5. The van der Waals surface area contributed by atoms with Gasteiger partial charge in [0, 0.05) is 42.3 Å². The first-order chi connectivity index (χ1) is 16.5. The maximum absolute atomic E-state index is 11.3. The third-order valence-corrected chi connectivity index (χ3v) is 6.37. The molecule has 4 aromatic heterocycles. The van der Waals surface area contributed by atoms with Gasteiger partial charge in [0.15, 0.2) is 0 Å². The molecule has 2 N–H and O–H groups in total. The third-order valence-electron chi connectivity index (χ3n) is 6.37. The van der Waals surface area contributed by atoms with Gasteiger partial charge in [0.05, 0.1) is 41.4 Å². The highest BCUT2D eigenvalue weighted by atomic mass is 16.4. The first kappa shape index (κ1) is 21.5. The molecule has 1 aliphatic heterocycles. The predicted molar refractivity (Wildman–Crippen MR) is 125 cm³/mol. The summed E-state index contributed by atoms with van der Waals surface area (Å²) in [6.07, 6.45) is 6.84. The summed E-state index contributed by atoms with van der Waals surface area (Å²) in [7, 11) is 0. The highest BCUT2D eigenvalue weighted by molar-refractivity contribution is 5.83. The van der Waals surface area contributed by atoms with Gasteiger partial charge >= 0.3 is 6.09 Å². The molecule has 0 aliphatic carbocycles. The van der Waals surface area contributed by atoms with Gasteiger partial charge < -0.3 is 15.3 Å². The van der Waals surface area contributed by atoms with E-state index in [9.17, 15) is 15.2 Å². The van der Waals surface area contributed by atoms with E-state index in [0.29, 0.717) is 24.2 Å². The molecule has 0 spiro atoms. The van der Waals surface area contributed by atoms with Crippen molar-refractivity contribution in [2.24, 2.45) is 0 Å². The number of amides is 1. The number of pyridine rings is 2. The minimum atomic E-state index is -0.900. The molecule has 0 aromatic carbocycles. The van der Waals surface area contributed by atoms with Gasteiger partial charge in [-0.3, -0.25) is 9.67 Å². The van der Waals surface area contributed by atoms with E-state index in [1.165, 1.54) is 4.90 Å². The molecule has 1 fully saturated rings. The van der Waals surface area contributed by atoms with Crippen LogP contribution in [0.3, 0.4) is 0 Å². The lowest BCUT2D eigenvalue weighted by atomic mass is 10.1. The second-order valence-corrected chi connectivity index (χ2v) is 8.49. The molecular weight excluding hydrogens is 432 g/mol. The van der Waals surface area contributed by atoms with Crippen LogP contribution in [-0.4, -0.2) is 53.6 Å². The summed E-state index contributed by atoms with van der Waals surface area (Å²) in [4.78, 5) is 17.2. The quantitative estimate of drug-likeness (QED) is 0.467. The van der Waals surface area contributed by atoms with Crippen molar-refractivity contribution in [3.8, 4) is 17.2 Å². The van der Waals surface area contributed by atoms with E-state index in [1.54, 1.807) is 23.1 Å². The monoisotopic (exact) mass is 456 g/mol. The van der Waals surface area contributed by atoms with E-state index in [-0.39, 0.29) is 12.1 Å². The molecule has 5 heterocycles. The Kier molecular flexibility index (Phi) is 5.37. The van der Waals surface area contributed by atoms with Crippen molar-refractivity contribution in [2.75, 3.05) is 18.4 Å². The molecule has 1 unspecified atom stereocenters. The fourth-order valence-corrected chi connectivity index (χ4v) is 4.59. The minimum absolute atomic E-state index is 0.00486.